The quantitative estimate of drug-likeness (QED) is 0.572. The van der Waals surface area contributed by atoms with Crippen molar-refractivity contribution >= 4 is 33.0 Å². The lowest BCUT2D eigenvalue weighted by atomic mass is 10.2. The zero-order valence-electron chi connectivity index (χ0n) is 13.2. The summed E-state index contributed by atoms with van der Waals surface area (Å²) in [5, 5.41) is 5.24. The molecule has 0 saturated carbocycles. The average molecular weight is 397 g/mol. The van der Waals surface area contributed by atoms with Crippen LogP contribution in [0, 0.1) is 13.8 Å². The van der Waals surface area contributed by atoms with Gasteiger partial charge in [0, 0.05) is 10.0 Å². The van der Waals surface area contributed by atoms with Gasteiger partial charge >= 0.3 is 0 Å². The third-order valence-electron chi connectivity index (χ3n) is 3.36. The number of oxime groups is 1. The number of thiazole rings is 1. The van der Waals surface area contributed by atoms with Crippen LogP contribution in [-0.2, 0) is 11.4 Å². The van der Waals surface area contributed by atoms with E-state index in [4.69, 9.17) is 14.3 Å². The Morgan fingerprint density at radius 2 is 2.00 bits per heavy atom. The van der Waals surface area contributed by atoms with Crippen LogP contribution >= 0.6 is 27.3 Å². The summed E-state index contributed by atoms with van der Waals surface area (Å²) >= 11 is 5.15. The van der Waals surface area contributed by atoms with Gasteiger partial charge in [-0.25, -0.2) is 4.98 Å². The van der Waals surface area contributed by atoms with Crippen molar-refractivity contribution in [3.8, 4) is 11.5 Å². The minimum atomic E-state index is 0.353. The van der Waals surface area contributed by atoms with Crippen LogP contribution in [-0.4, -0.2) is 23.9 Å². The van der Waals surface area contributed by atoms with E-state index >= 15 is 0 Å². The summed E-state index contributed by atoms with van der Waals surface area (Å²) < 4.78 is 12.1. The molecule has 7 heteroatoms. The fourth-order valence-corrected chi connectivity index (χ4v) is 3.62. The van der Waals surface area contributed by atoms with Gasteiger partial charge in [0.1, 0.15) is 19.8 Å². The molecule has 0 radical (unpaired) electrons. The number of ether oxygens (including phenoxy) is 2. The molecule has 0 atom stereocenters. The molecular weight excluding hydrogens is 380 g/mol. The Balaban J connectivity index is 1.71. The predicted octanol–water partition coefficient (Wildman–Crippen LogP) is 4.23. The maximum atomic E-state index is 5.59. The molecule has 2 aromatic rings. The highest BCUT2D eigenvalue weighted by molar-refractivity contribution is 9.10. The van der Waals surface area contributed by atoms with Crippen LogP contribution in [0.4, 0.5) is 0 Å². The Labute approximate surface area is 147 Å². The molecule has 122 valence electrons. The molecule has 5 nitrogen and oxygen atoms in total. The highest BCUT2D eigenvalue weighted by Gasteiger charge is 2.15. The van der Waals surface area contributed by atoms with E-state index in [9.17, 15) is 0 Å². The third kappa shape index (κ3) is 3.67. The molecule has 0 aliphatic carbocycles. The molecule has 0 saturated heterocycles. The number of aromatic nitrogens is 1. The second-order valence-electron chi connectivity index (χ2n) is 5.18. The Morgan fingerprint density at radius 1 is 1.30 bits per heavy atom. The summed E-state index contributed by atoms with van der Waals surface area (Å²) in [5.41, 5.74) is 2.78. The first kappa shape index (κ1) is 16.3. The number of fused-ring (bicyclic) bond motifs is 1. The van der Waals surface area contributed by atoms with Gasteiger partial charge < -0.3 is 14.3 Å². The van der Waals surface area contributed by atoms with Crippen LogP contribution in [0.5, 0.6) is 11.5 Å². The highest BCUT2D eigenvalue weighted by atomic mass is 79.9. The summed E-state index contributed by atoms with van der Waals surface area (Å²) in [7, 11) is 0. The van der Waals surface area contributed by atoms with Gasteiger partial charge in [0.2, 0.25) is 0 Å². The minimum absolute atomic E-state index is 0.353. The molecule has 0 amide bonds. The van der Waals surface area contributed by atoms with Gasteiger partial charge in [-0.2, -0.15) is 0 Å². The predicted molar refractivity (Wildman–Crippen MR) is 93.7 cm³/mol. The first-order valence-electron chi connectivity index (χ1n) is 7.23. The number of benzene rings is 1. The monoisotopic (exact) mass is 396 g/mol. The Morgan fingerprint density at radius 3 is 2.65 bits per heavy atom. The standard InChI is InChI=1S/C16H17BrN2O3S/c1-9-16(23-11(3)18-9)10(2)19-22-8-12-6-14-15(7-13(12)17)21-5-4-20-14/h6-7H,4-5,8H2,1-3H3/b19-10+. The van der Waals surface area contributed by atoms with Crippen LogP contribution in [0.25, 0.3) is 0 Å². The number of rotatable bonds is 4. The van der Waals surface area contributed by atoms with Crippen LogP contribution in [0.1, 0.15) is 28.1 Å². The van der Waals surface area contributed by atoms with Crippen molar-refractivity contribution in [3.05, 3.63) is 37.7 Å². The van der Waals surface area contributed by atoms with Crippen LogP contribution < -0.4 is 9.47 Å². The Hall–Kier alpha value is -1.60. The Kier molecular flexibility index (Phi) is 4.87. The lowest BCUT2D eigenvalue weighted by Gasteiger charge is -2.19. The first-order valence-corrected chi connectivity index (χ1v) is 8.84. The second-order valence-corrected chi connectivity index (χ2v) is 7.24. The Bertz CT molecular complexity index is 758. The van der Waals surface area contributed by atoms with Crippen molar-refractivity contribution in [2.75, 3.05) is 13.2 Å². The van der Waals surface area contributed by atoms with Crippen LogP contribution in [0.2, 0.25) is 0 Å². The third-order valence-corrected chi connectivity index (χ3v) is 5.28. The summed E-state index contributed by atoms with van der Waals surface area (Å²) in [4.78, 5) is 11.0. The SMILES string of the molecule is C/C(=N\OCc1cc2c(cc1Br)OCCO2)c1sc(C)nc1C. The molecule has 1 aromatic heterocycles. The van der Waals surface area contributed by atoms with Crippen molar-refractivity contribution in [1.29, 1.82) is 0 Å². The van der Waals surface area contributed by atoms with E-state index in [1.165, 1.54) is 0 Å². The van der Waals surface area contributed by atoms with E-state index in [1.54, 1.807) is 11.3 Å². The zero-order valence-corrected chi connectivity index (χ0v) is 15.6. The van der Waals surface area contributed by atoms with Gasteiger partial charge in [-0.15, -0.1) is 11.3 Å². The van der Waals surface area contributed by atoms with Crippen LogP contribution in [0.15, 0.2) is 21.8 Å². The lowest BCUT2D eigenvalue weighted by Crippen LogP contribution is -2.15. The van der Waals surface area contributed by atoms with Crippen molar-refractivity contribution < 1.29 is 14.3 Å². The number of aryl methyl sites for hydroxylation is 2. The van der Waals surface area contributed by atoms with E-state index in [-0.39, 0.29) is 0 Å². The van der Waals surface area contributed by atoms with Crippen molar-refractivity contribution in [2.24, 2.45) is 5.16 Å². The number of nitrogens with zero attached hydrogens (tertiary/aromatic N) is 2. The lowest BCUT2D eigenvalue weighted by molar-refractivity contribution is 0.128. The van der Waals surface area contributed by atoms with Gasteiger partial charge in [0.15, 0.2) is 11.5 Å². The van der Waals surface area contributed by atoms with E-state index in [0.29, 0.717) is 19.8 Å². The fraction of sp³-hybridized carbons (Fsp3) is 0.375. The van der Waals surface area contributed by atoms with Gasteiger partial charge in [0.05, 0.1) is 21.3 Å². The van der Waals surface area contributed by atoms with E-state index in [0.717, 1.165) is 42.8 Å². The number of hydrogen-bond acceptors (Lipinski definition) is 6. The molecular formula is C16H17BrN2O3S. The van der Waals surface area contributed by atoms with Crippen LogP contribution in [0.3, 0.4) is 0 Å². The largest absolute Gasteiger partial charge is 0.486 e. The van der Waals surface area contributed by atoms with Gasteiger partial charge in [-0.1, -0.05) is 21.1 Å². The van der Waals surface area contributed by atoms with Crippen molar-refractivity contribution in [2.45, 2.75) is 27.4 Å². The number of hydrogen-bond donors (Lipinski definition) is 0. The molecule has 1 aliphatic heterocycles. The molecule has 0 N–H and O–H groups in total. The van der Waals surface area contributed by atoms with Crippen molar-refractivity contribution in [1.82, 2.24) is 4.98 Å². The molecule has 0 spiro atoms. The first-order chi connectivity index (χ1) is 11.0. The normalized spacial score (nSPS) is 14.0. The van der Waals surface area contributed by atoms with Gasteiger partial charge in [-0.3, -0.25) is 0 Å². The second kappa shape index (κ2) is 6.88. The smallest absolute Gasteiger partial charge is 0.162 e. The average Bonchev–Trinajstić information content (AvgIpc) is 2.86. The van der Waals surface area contributed by atoms with Gasteiger partial charge in [0.25, 0.3) is 0 Å². The summed E-state index contributed by atoms with van der Waals surface area (Å²) in [6.45, 7) is 7.39. The summed E-state index contributed by atoms with van der Waals surface area (Å²) in [6.07, 6.45) is 0. The highest BCUT2D eigenvalue weighted by Crippen LogP contribution is 2.35. The molecule has 3 rings (SSSR count). The molecule has 0 unspecified atom stereocenters. The molecule has 1 aromatic carbocycles. The van der Waals surface area contributed by atoms with E-state index in [2.05, 4.69) is 26.1 Å². The molecule has 0 bridgehead atoms. The maximum Gasteiger partial charge on any atom is 0.162 e. The van der Waals surface area contributed by atoms with E-state index < -0.39 is 0 Å². The molecule has 0 fully saturated rings. The summed E-state index contributed by atoms with van der Waals surface area (Å²) in [5.74, 6) is 1.50. The maximum absolute atomic E-state index is 5.59. The van der Waals surface area contributed by atoms with Crippen molar-refractivity contribution in [3.63, 3.8) is 0 Å². The molecule has 23 heavy (non-hydrogen) atoms. The van der Waals surface area contributed by atoms with E-state index in [1.807, 2.05) is 32.9 Å². The summed E-state index contributed by atoms with van der Waals surface area (Å²) in [6, 6.07) is 3.83. The number of halogens is 1. The zero-order chi connectivity index (χ0) is 16.4. The fourth-order valence-electron chi connectivity index (χ4n) is 2.32. The molecule has 2 heterocycles. The minimum Gasteiger partial charge on any atom is -0.486 e. The molecule has 1 aliphatic rings. The van der Waals surface area contributed by atoms with Gasteiger partial charge in [-0.05, 0) is 32.9 Å². The topological polar surface area (TPSA) is 52.9 Å².